The van der Waals surface area contributed by atoms with Gasteiger partial charge in [-0.1, -0.05) is 16.7 Å². The molecule has 0 bridgehead atoms. The number of carbonyl (C=O) groups excluding carboxylic acids is 1. The number of nitrogens with one attached hydrogen (secondary N) is 1. The highest BCUT2D eigenvalue weighted by molar-refractivity contribution is 7.80. The summed E-state index contributed by atoms with van der Waals surface area (Å²) in [5.74, 6) is -0.248. The number of thiocarbonyl (C=S) groups is 1. The molecule has 0 radical (unpaired) electrons. The lowest BCUT2D eigenvalue weighted by molar-refractivity contribution is 0.0936. The van der Waals surface area contributed by atoms with Crippen LogP contribution in [0.1, 0.15) is 23.8 Å². The van der Waals surface area contributed by atoms with Crippen molar-refractivity contribution in [2.75, 3.05) is 0 Å². The molecule has 0 aliphatic heterocycles. The fourth-order valence-electron chi connectivity index (χ4n) is 0.914. The number of nitrogens with zero attached hydrogens (tertiary/aromatic N) is 2. The summed E-state index contributed by atoms with van der Waals surface area (Å²) in [6.45, 7) is 1.83. The Balaban J connectivity index is 2.45. The highest BCUT2D eigenvalue weighted by Crippen LogP contribution is 1.98. The molecule has 1 rings (SSSR count). The van der Waals surface area contributed by atoms with Crippen LogP contribution in [0.25, 0.3) is 0 Å². The van der Waals surface area contributed by atoms with Gasteiger partial charge in [0.05, 0.1) is 4.99 Å². The molecule has 14 heavy (non-hydrogen) atoms. The monoisotopic (exact) mass is 230 g/mol. The molecule has 3 N–H and O–H groups in total. The summed E-state index contributed by atoms with van der Waals surface area (Å²) in [6, 6.07) is -0.0818. The SMILES string of the molecule is CC(CC(N)=S)NC(=O)c1csnn1. The van der Waals surface area contributed by atoms with Crippen LogP contribution in [0.2, 0.25) is 0 Å². The van der Waals surface area contributed by atoms with E-state index in [-0.39, 0.29) is 11.9 Å². The largest absolute Gasteiger partial charge is 0.393 e. The van der Waals surface area contributed by atoms with Gasteiger partial charge in [-0.15, -0.1) is 5.10 Å². The van der Waals surface area contributed by atoms with E-state index in [4.69, 9.17) is 18.0 Å². The van der Waals surface area contributed by atoms with E-state index in [1.165, 1.54) is 0 Å². The molecule has 0 spiro atoms. The van der Waals surface area contributed by atoms with Crippen molar-refractivity contribution in [3.05, 3.63) is 11.1 Å². The molecule has 1 aromatic rings. The predicted octanol–water partition coefficient (Wildman–Crippen LogP) is 0.333. The van der Waals surface area contributed by atoms with Crippen molar-refractivity contribution in [3.8, 4) is 0 Å². The number of hydrogen-bond donors (Lipinski definition) is 2. The number of carbonyl (C=O) groups is 1. The van der Waals surface area contributed by atoms with Crippen LogP contribution in [0.15, 0.2) is 5.38 Å². The number of nitrogens with two attached hydrogens (primary N) is 1. The van der Waals surface area contributed by atoms with Gasteiger partial charge >= 0.3 is 0 Å². The Kier molecular flexibility index (Phi) is 3.90. The summed E-state index contributed by atoms with van der Waals surface area (Å²) in [5.41, 5.74) is 5.67. The lowest BCUT2D eigenvalue weighted by Gasteiger charge is -2.11. The van der Waals surface area contributed by atoms with Crippen molar-refractivity contribution < 1.29 is 4.79 Å². The number of aromatic nitrogens is 2. The molecule has 1 atom stereocenters. The van der Waals surface area contributed by atoms with Gasteiger partial charge in [-0.05, 0) is 18.5 Å². The average Bonchev–Trinajstić information content (AvgIpc) is 2.53. The lowest BCUT2D eigenvalue weighted by atomic mass is 10.2. The molecule has 1 heterocycles. The quantitative estimate of drug-likeness (QED) is 0.729. The van der Waals surface area contributed by atoms with Crippen molar-refractivity contribution in [1.82, 2.24) is 14.9 Å². The van der Waals surface area contributed by atoms with Crippen molar-refractivity contribution in [1.29, 1.82) is 0 Å². The zero-order valence-corrected chi connectivity index (χ0v) is 9.19. The minimum absolute atomic E-state index is 0.0818. The molecule has 0 aliphatic carbocycles. The van der Waals surface area contributed by atoms with Gasteiger partial charge in [-0.25, -0.2) is 0 Å². The van der Waals surface area contributed by atoms with Gasteiger partial charge in [0.15, 0.2) is 5.69 Å². The number of hydrogen-bond acceptors (Lipinski definition) is 5. The van der Waals surface area contributed by atoms with Gasteiger partial charge < -0.3 is 11.1 Å². The van der Waals surface area contributed by atoms with Crippen molar-refractivity contribution >= 4 is 34.6 Å². The van der Waals surface area contributed by atoms with E-state index >= 15 is 0 Å². The third kappa shape index (κ3) is 3.35. The Bertz CT molecular complexity index is 324. The molecular formula is C7H10N4OS2. The molecule has 0 saturated heterocycles. The molecule has 5 nitrogen and oxygen atoms in total. The van der Waals surface area contributed by atoms with E-state index in [1.807, 2.05) is 6.92 Å². The van der Waals surface area contributed by atoms with Crippen LogP contribution in [-0.4, -0.2) is 26.5 Å². The Morgan fingerprint density at radius 3 is 3.07 bits per heavy atom. The smallest absolute Gasteiger partial charge is 0.272 e. The molecule has 76 valence electrons. The van der Waals surface area contributed by atoms with Crippen LogP contribution in [0, 0.1) is 0 Å². The first-order valence-corrected chi connectivity index (χ1v) is 5.20. The third-order valence-electron chi connectivity index (χ3n) is 1.48. The van der Waals surface area contributed by atoms with Gasteiger partial charge in [0.25, 0.3) is 5.91 Å². The molecule has 0 aliphatic rings. The van der Waals surface area contributed by atoms with E-state index in [0.717, 1.165) is 11.5 Å². The van der Waals surface area contributed by atoms with Gasteiger partial charge in [0, 0.05) is 17.8 Å². The average molecular weight is 230 g/mol. The molecule has 7 heteroatoms. The molecule has 1 amide bonds. The summed E-state index contributed by atoms with van der Waals surface area (Å²) in [7, 11) is 0. The second-order valence-corrected chi connectivity index (χ2v) is 3.97. The third-order valence-corrected chi connectivity index (χ3v) is 2.15. The molecule has 0 fully saturated rings. The molecule has 0 aromatic carbocycles. The summed E-state index contributed by atoms with van der Waals surface area (Å²) in [5, 5.41) is 7.94. The summed E-state index contributed by atoms with van der Waals surface area (Å²) in [6.07, 6.45) is 0.485. The van der Waals surface area contributed by atoms with Crippen molar-refractivity contribution in [2.45, 2.75) is 19.4 Å². The predicted molar refractivity (Wildman–Crippen MR) is 58.2 cm³/mol. The van der Waals surface area contributed by atoms with E-state index in [2.05, 4.69) is 14.9 Å². The maximum atomic E-state index is 11.4. The fourth-order valence-corrected chi connectivity index (χ4v) is 1.60. The van der Waals surface area contributed by atoms with Crippen LogP contribution in [0.3, 0.4) is 0 Å². The minimum Gasteiger partial charge on any atom is -0.393 e. The summed E-state index contributed by atoms with van der Waals surface area (Å²) >= 11 is 5.86. The van der Waals surface area contributed by atoms with Crippen LogP contribution >= 0.6 is 23.8 Å². The number of amides is 1. The molecule has 1 unspecified atom stereocenters. The molecular weight excluding hydrogens is 220 g/mol. The highest BCUT2D eigenvalue weighted by Gasteiger charge is 2.12. The zero-order chi connectivity index (χ0) is 10.6. The van der Waals surface area contributed by atoms with Crippen LogP contribution in [-0.2, 0) is 0 Å². The second-order valence-electron chi connectivity index (χ2n) is 2.84. The van der Waals surface area contributed by atoms with E-state index < -0.39 is 0 Å². The first kappa shape index (κ1) is 11.0. The molecule has 1 aromatic heterocycles. The Morgan fingerprint density at radius 1 is 1.86 bits per heavy atom. The van der Waals surface area contributed by atoms with Crippen LogP contribution in [0.4, 0.5) is 0 Å². The first-order valence-electron chi connectivity index (χ1n) is 3.96. The molecule has 0 saturated carbocycles. The standard InChI is InChI=1S/C7H10N4OS2/c1-4(2-6(8)13)9-7(12)5-3-14-11-10-5/h3-4H,2H2,1H3,(H2,8,13)(H,9,12). The van der Waals surface area contributed by atoms with E-state index in [9.17, 15) is 4.79 Å². The van der Waals surface area contributed by atoms with E-state index in [0.29, 0.717) is 17.1 Å². The zero-order valence-electron chi connectivity index (χ0n) is 7.56. The minimum atomic E-state index is -0.248. The highest BCUT2D eigenvalue weighted by atomic mass is 32.1. The fraction of sp³-hybridized carbons (Fsp3) is 0.429. The summed E-state index contributed by atoms with van der Waals surface area (Å²) in [4.78, 5) is 11.8. The van der Waals surface area contributed by atoms with Gasteiger partial charge in [0.1, 0.15) is 0 Å². The topological polar surface area (TPSA) is 80.9 Å². The maximum absolute atomic E-state index is 11.4. The Hall–Kier alpha value is -1.08. The lowest BCUT2D eigenvalue weighted by Crippen LogP contribution is -2.35. The Labute approximate surface area is 90.9 Å². The second kappa shape index (κ2) is 4.97. The Morgan fingerprint density at radius 2 is 2.57 bits per heavy atom. The normalized spacial score (nSPS) is 12.1. The van der Waals surface area contributed by atoms with Gasteiger partial charge in [0.2, 0.25) is 0 Å². The summed E-state index contributed by atoms with van der Waals surface area (Å²) < 4.78 is 3.59. The van der Waals surface area contributed by atoms with E-state index in [1.54, 1.807) is 5.38 Å². The van der Waals surface area contributed by atoms with Gasteiger partial charge in [-0.3, -0.25) is 4.79 Å². The van der Waals surface area contributed by atoms with Gasteiger partial charge in [-0.2, -0.15) is 0 Å². The van der Waals surface area contributed by atoms with Crippen LogP contribution < -0.4 is 11.1 Å². The maximum Gasteiger partial charge on any atom is 0.272 e. The number of rotatable bonds is 4. The van der Waals surface area contributed by atoms with Crippen molar-refractivity contribution in [3.63, 3.8) is 0 Å². The van der Waals surface area contributed by atoms with Crippen LogP contribution in [0.5, 0.6) is 0 Å². The first-order chi connectivity index (χ1) is 6.59. The van der Waals surface area contributed by atoms with Crippen molar-refractivity contribution in [2.24, 2.45) is 5.73 Å².